The second-order valence-corrected chi connectivity index (χ2v) is 4.05. The zero-order valence-corrected chi connectivity index (χ0v) is 10.9. The molecule has 0 atom stereocenters. The first-order valence-corrected chi connectivity index (χ1v) is 5.77. The van der Waals surface area contributed by atoms with Gasteiger partial charge in [-0.1, -0.05) is 0 Å². The highest BCUT2D eigenvalue weighted by molar-refractivity contribution is 5.84. The Morgan fingerprint density at radius 2 is 1.81 bits per heavy atom. The van der Waals surface area contributed by atoms with E-state index in [1.165, 1.54) is 22.0 Å². The zero-order valence-electron chi connectivity index (χ0n) is 10.9. The molecule has 0 radical (unpaired) electrons. The minimum Gasteiger partial charge on any atom is -0.368 e. The molecular formula is C10H13N9O2. The molecule has 2 heterocycles. The quantitative estimate of drug-likeness (QED) is 0.520. The molecule has 0 spiro atoms. The van der Waals surface area contributed by atoms with Gasteiger partial charge in [-0.2, -0.15) is 15.0 Å². The number of nitrogen functional groups attached to an aromatic ring is 1. The molecule has 0 unspecified atom stereocenters. The summed E-state index contributed by atoms with van der Waals surface area (Å²) in [5, 5.41) is 0. The zero-order chi connectivity index (χ0) is 15.4. The summed E-state index contributed by atoms with van der Waals surface area (Å²) in [6.07, 6.45) is 4.60. The van der Waals surface area contributed by atoms with Crippen molar-refractivity contribution in [1.29, 1.82) is 0 Å². The van der Waals surface area contributed by atoms with Gasteiger partial charge in [-0.05, 0) is 0 Å². The predicted octanol–water partition coefficient (Wildman–Crippen LogP) is -2.58. The molecule has 110 valence electrons. The minimum atomic E-state index is -0.667. The van der Waals surface area contributed by atoms with Gasteiger partial charge in [-0.3, -0.25) is 14.2 Å². The predicted molar refractivity (Wildman–Crippen MR) is 72.0 cm³/mol. The van der Waals surface area contributed by atoms with Crippen molar-refractivity contribution in [2.45, 2.75) is 0 Å². The average Bonchev–Trinajstić information content (AvgIpc) is 2.90. The largest absolute Gasteiger partial charge is 0.368 e. The highest BCUT2D eigenvalue weighted by Crippen LogP contribution is 2.11. The van der Waals surface area contributed by atoms with Crippen molar-refractivity contribution in [1.82, 2.24) is 24.5 Å². The summed E-state index contributed by atoms with van der Waals surface area (Å²) in [7, 11) is 0. The number of primary amides is 2. The first-order valence-electron chi connectivity index (χ1n) is 5.77. The standard InChI is InChI=1S/C10H13N9O2/c11-6(20)3-19(4-7(12)21)10-16-8(13)15-9(17-10)18-2-1-14-5-18/h1-2,5H,3-4H2,(H2,11,20)(H2,12,21)(H2,13,15,16,17). The van der Waals surface area contributed by atoms with E-state index in [0.29, 0.717) is 0 Å². The normalized spacial score (nSPS) is 10.3. The Kier molecular flexibility index (Phi) is 3.92. The topological polar surface area (TPSA) is 172 Å². The van der Waals surface area contributed by atoms with Crippen molar-refractivity contribution < 1.29 is 9.59 Å². The molecule has 0 fully saturated rings. The number of hydrogen-bond donors (Lipinski definition) is 3. The Hall–Kier alpha value is -3.24. The monoisotopic (exact) mass is 291 g/mol. The van der Waals surface area contributed by atoms with E-state index in [1.54, 1.807) is 6.20 Å². The summed E-state index contributed by atoms with van der Waals surface area (Å²) < 4.78 is 1.49. The van der Waals surface area contributed by atoms with Crippen molar-refractivity contribution in [3.63, 3.8) is 0 Å². The Morgan fingerprint density at radius 1 is 1.14 bits per heavy atom. The molecule has 0 aliphatic carbocycles. The number of hydrogen-bond acceptors (Lipinski definition) is 8. The molecule has 21 heavy (non-hydrogen) atoms. The lowest BCUT2D eigenvalue weighted by Crippen LogP contribution is -2.41. The lowest BCUT2D eigenvalue weighted by Gasteiger charge is -2.19. The number of carbonyl (C=O) groups is 2. The third kappa shape index (κ3) is 3.62. The average molecular weight is 291 g/mol. The van der Waals surface area contributed by atoms with Crippen LogP contribution in [0.15, 0.2) is 18.7 Å². The molecular weight excluding hydrogens is 278 g/mol. The van der Waals surface area contributed by atoms with Gasteiger partial charge in [0.15, 0.2) is 0 Å². The van der Waals surface area contributed by atoms with Gasteiger partial charge in [0, 0.05) is 12.4 Å². The van der Waals surface area contributed by atoms with Crippen LogP contribution in [0.3, 0.4) is 0 Å². The van der Waals surface area contributed by atoms with Gasteiger partial charge < -0.3 is 22.1 Å². The van der Waals surface area contributed by atoms with Crippen molar-refractivity contribution in [3.05, 3.63) is 18.7 Å². The molecule has 6 N–H and O–H groups in total. The van der Waals surface area contributed by atoms with Crippen LogP contribution in [0, 0.1) is 0 Å². The Bertz CT molecular complexity index is 639. The number of imidazole rings is 1. The molecule has 0 aromatic carbocycles. The van der Waals surface area contributed by atoms with E-state index >= 15 is 0 Å². The van der Waals surface area contributed by atoms with Gasteiger partial charge in [0.2, 0.25) is 29.7 Å². The van der Waals surface area contributed by atoms with Crippen LogP contribution < -0.4 is 22.1 Å². The van der Waals surface area contributed by atoms with Crippen LogP contribution in [0.5, 0.6) is 0 Å². The van der Waals surface area contributed by atoms with Gasteiger partial charge >= 0.3 is 0 Å². The SMILES string of the molecule is NC(=O)CN(CC(N)=O)c1nc(N)nc(-n2ccnc2)n1. The third-order valence-corrected chi connectivity index (χ3v) is 2.34. The van der Waals surface area contributed by atoms with Gasteiger partial charge in [0.05, 0.1) is 0 Å². The van der Waals surface area contributed by atoms with Crippen LogP contribution >= 0.6 is 0 Å². The Morgan fingerprint density at radius 3 is 2.33 bits per heavy atom. The van der Waals surface area contributed by atoms with Crippen LogP contribution in [0.25, 0.3) is 5.95 Å². The van der Waals surface area contributed by atoms with Crippen molar-refractivity contribution in [3.8, 4) is 5.95 Å². The molecule has 11 nitrogen and oxygen atoms in total. The Balaban J connectivity index is 2.40. The second-order valence-electron chi connectivity index (χ2n) is 4.05. The summed E-state index contributed by atoms with van der Waals surface area (Å²) in [6.45, 7) is -0.564. The highest BCUT2D eigenvalue weighted by atomic mass is 16.2. The van der Waals surface area contributed by atoms with E-state index in [2.05, 4.69) is 19.9 Å². The summed E-state index contributed by atoms with van der Waals surface area (Å²) in [5.74, 6) is -1.21. The fraction of sp³-hybridized carbons (Fsp3) is 0.200. The molecule has 0 aliphatic rings. The number of aromatic nitrogens is 5. The minimum absolute atomic E-state index is 0.0174. The summed E-state index contributed by atoms with van der Waals surface area (Å²) in [5.41, 5.74) is 15.9. The molecule has 2 aromatic rings. The fourth-order valence-corrected chi connectivity index (χ4v) is 1.58. The molecule has 2 rings (SSSR count). The third-order valence-electron chi connectivity index (χ3n) is 2.34. The lowest BCUT2D eigenvalue weighted by molar-refractivity contribution is -0.117. The molecule has 0 aliphatic heterocycles. The van der Waals surface area contributed by atoms with Crippen LogP contribution in [0.2, 0.25) is 0 Å². The first-order chi connectivity index (χ1) is 9.95. The fourth-order valence-electron chi connectivity index (χ4n) is 1.58. The summed E-state index contributed by atoms with van der Waals surface area (Å²) >= 11 is 0. The van der Waals surface area contributed by atoms with Gasteiger partial charge in [0.1, 0.15) is 19.4 Å². The van der Waals surface area contributed by atoms with Crippen LogP contribution in [-0.2, 0) is 9.59 Å². The van der Waals surface area contributed by atoms with Crippen LogP contribution in [-0.4, -0.2) is 49.4 Å². The molecule has 2 amide bonds. The van der Waals surface area contributed by atoms with Crippen LogP contribution in [0.1, 0.15) is 0 Å². The molecule has 11 heteroatoms. The second kappa shape index (κ2) is 5.81. The molecule has 0 saturated carbocycles. The number of carbonyl (C=O) groups excluding carboxylic acids is 2. The maximum atomic E-state index is 11.1. The van der Waals surface area contributed by atoms with Crippen molar-refractivity contribution in [2.24, 2.45) is 11.5 Å². The highest BCUT2D eigenvalue weighted by Gasteiger charge is 2.17. The number of anilines is 2. The van der Waals surface area contributed by atoms with E-state index in [-0.39, 0.29) is 30.9 Å². The van der Waals surface area contributed by atoms with Gasteiger partial charge in [0.25, 0.3) is 0 Å². The smallest absolute Gasteiger partial charge is 0.241 e. The maximum absolute atomic E-state index is 11.1. The van der Waals surface area contributed by atoms with E-state index in [1.807, 2.05) is 0 Å². The maximum Gasteiger partial charge on any atom is 0.241 e. The van der Waals surface area contributed by atoms with Gasteiger partial charge in [-0.15, -0.1) is 0 Å². The summed E-state index contributed by atoms with van der Waals surface area (Å²) in [4.78, 5) is 39.2. The van der Waals surface area contributed by atoms with Gasteiger partial charge in [-0.25, -0.2) is 4.98 Å². The van der Waals surface area contributed by atoms with Crippen LogP contribution in [0.4, 0.5) is 11.9 Å². The van der Waals surface area contributed by atoms with E-state index in [0.717, 1.165) is 0 Å². The molecule has 0 bridgehead atoms. The van der Waals surface area contributed by atoms with E-state index in [4.69, 9.17) is 17.2 Å². The number of rotatable bonds is 6. The molecule has 2 aromatic heterocycles. The Labute approximate surface area is 118 Å². The number of amides is 2. The first kappa shape index (κ1) is 14.2. The summed E-state index contributed by atoms with van der Waals surface area (Å²) in [6, 6.07) is 0. The van der Waals surface area contributed by atoms with Crippen molar-refractivity contribution >= 4 is 23.7 Å². The molecule has 0 saturated heterocycles. The van der Waals surface area contributed by atoms with Crippen molar-refractivity contribution in [2.75, 3.05) is 23.7 Å². The van der Waals surface area contributed by atoms with E-state index < -0.39 is 11.8 Å². The number of nitrogens with zero attached hydrogens (tertiary/aromatic N) is 6. The number of nitrogens with two attached hydrogens (primary N) is 3. The van der Waals surface area contributed by atoms with E-state index in [9.17, 15) is 9.59 Å². The lowest BCUT2D eigenvalue weighted by atomic mass is 10.4.